The van der Waals surface area contributed by atoms with Crippen LogP contribution in [0.15, 0.2) is 0 Å². The molecule has 0 unspecified atom stereocenters. The third-order valence-corrected chi connectivity index (χ3v) is 0. The molecule has 0 N–H and O–H groups in total. The van der Waals surface area contributed by atoms with Gasteiger partial charge in [-0.3, -0.25) is 0 Å². The molecule has 0 radical (unpaired) electrons. The van der Waals surface area contributed by atoms with Crippen LogP contribution in [0.1, 0.15) is 260 Å². The molecule has 0 rings (SSSR count). The number of hydrogen-bond donors (Lipinski definition) is 0. The summed E-state index contributed by atoms with van der Waals surface area (Å²) < 4.78 is 0. The van der Waals surface area contributed by atoms with Crippen LogP contribution >= 0.6 is 0 Å². The van der Waals surface area contributed by atoms with E-state index in [2.05, 4.69) is 0 Å². The molecule has 0 nitrogen and oxygen atoms in total. The maximum Gasteiger partial charge on any atom is 0 e. The first-order valence-corrected chi connectivity index (χ1v) is 0. The van der Waals surface area contributed by atoms with E-state index in [1.165, 1.54) is 0 Å². The van der Waals surface area contributed by atoms with Crippen molar-refractivity contribution >= 4 is 0 Å². The van der Waals surface area contributed by atoms with E-state index in [1.54, 1.807) is 0 Å². The zero-order valence-corrected chi connectivity index (χ0v) is 0. The van der Waals surface area contributed by atoms with Gasteiger partial charge in [0.05, 0.1) is 0 Å². The topological polar surface area (TPSA) is 0 Å². The van der Waals surface area contributed by atoms with Gasteiger partial charge in [-0.15, -0.1) is 0 Å². The van der Waals surface area contributed by atoms with Crippen molar-refractivity contribution < 1.29 is 22.8 Å². The van der Waals surface area contributed by atoms with Crippen molar-refractivity contribution in [2.75, 3.05) is 0 Å². The van der Waals surface area contributed by atoms with Gasteiger partial charge in [0.15, 0.2) is 0 Å². The maximum atomic E-state index is 0. The van der Waals surface area contributed by atoms with Crippen LogP contribution in [0, 0.1) is 0 Å². The summed E-state index contributed by atoms with van der Waals surface area (Å²) in [7, 11) is 0. The second-order valence-electron chi connectivity index (χ2n) is 0. The Morgan fingerprint density at radius 1 is 0.0625 bits per heavy atom. The molecular formula is C32H160. The highest BCUT2D eigenvalue weighted by Crippen LogP contribution is 0.175. The fourth-order valence-corrected chi connectivity index (χ4v) is 0. The van der Waals surface area contributed by atoms with Crippen LogP contribution in [0.4, 0.5) is 0 Å². The van der Waals surface area contributed by atoms with Gasteiger partial charge in [-0.25, -0.2) is 0 Å². The molecule has 0 spiro atoms. The SMILES string of the molecule is C.C.C.C.C.C.C.C.C.C.C.C.C.C.C.C.C.C.C.C.C.C.C.C.C.C.C.C.C.C.C.C.[3HH].[3HH].[3HH].[3HH].[3HH].[3HH].[3HH].[3HH].[3HH].[3HH].[3HH].[3HH].[3HH].[3HH].[3HH].[3HH]. The molecule has 0 heterocycles. The third kappa shape index (κ3) is 0. The molecule has 0 bridgehead atoms. The summed E-state index contributed by atoms with van der Waals surface area (Å²) in [6, 6.07) is 0. The van der Waals surface area contributed by atoms with Crippen molar-refractivity contribution in [3.05, 3.63) is 0 Å². The Balaban J connectivity index is 0. The first-order valence-electron chi connectivity index (χ1n) is 0. The first-order chi connectivity index (χ1) is 0. The summed E-state index contributed by atoms with van der Waals surface area (Å²) in [6.07, 6.45) is 0. The molecule has 0 heteroatoms. The van der Waals surface area contributed by atoms with Gasteiger partial charge in [0.25, 0.3) is 0 Å². The Hall–Kier alpha value is 0. The minimum atomic E-state index is 0. The molecule has 0 saturated heterocycles. The quantitative estimate of drug-likeness (QED) is 0.269. The van der Waals surface area contributed by atoms with Gasteiger partial charge in [0.1, 0.15) is 0 Å². The van der Waals surface area contributed by atoms with Gasteiger partial charge in [-0.2, -0.15) is 0 Å². The molecule has 288 valence electrons. The van der Waals surface area contributed by atoms with Crippen molar-refractivity contribution in [3.63, 3.8) is 0 Å². The largest absolute Gasteiger partial charge is 0.0776 e. The van der Waals surface area contributed by atoms with Crippen LogP contribution in [0.2, 0.25) is 0 Å². The van der Waals surface area contributed by atoms with Gasteiger partial charge in [-0.05, 0) is 0 Å². The van der Waals surface area contributed by atoms with E-state index in [-0.39, 0.29) is 260 Å². The number of hydrogen-bond acceptors (Lipinski definition) is 0. The van der Waals surface area contributed by atoms with E-state index in [0.717, 1.165) is 0 Å². The van der Waals surface area contributed by atoms with Gasteiger partial charge in [0.2, 0.25) is 0 Å². The second-order valence-corrected chi connectivity index (χ2v) is 0. The van der Waals surface area contributed by atoms with Crippen LogP contribution < -0.4 is 0 Å². The highest BCUT2D eigenvalue weighted by molar-refractivity contribution is 2.53. The molecule has 0 aromatic rings. The Kier molecular flexibility index (Phi) is 0. The van der Waals surface area contributed by atoms with Crippen LogP contribution in [0.3, 0.4) is 0 Å². The lowest BCUT2D eigenvalue weighted by Crippen LogP contribution is 0.143. The zero-order valence-electron chi connectivity index (χ0n) is 0. The Morgan fingerprint density at radius 3 is 0.0625 bits per heavy atom. The highest BCUT2D eigenvalue weighted by atomic mass is 12.0. The summed E-state index contributed by atoms with van der Waals surface area (Å²) in [5.74, 6) is 0. The fourth-order valence-electron chi connectivity index (χ4n) is 0. The van der Waals surface area contributed by atoms with Crippen molar-refractivity contribution in [2.45, 2.75) is 238 Å². The average molecular weight is 578 g/mol. The van der Waals surface area contributed by atoms with E-state index >= 15 is 0 Å². The van der Waals surface area contributed by atoms with Crippen LogP contribution in [0.5, 0.6) is 0 Å². The molecule has 0 aliphatic rings. The standard InChI is InChI=1S/32CH4.16H2/h32*1H4;16*1H/i;;;;;;;;;;;;;;;;;;;;;;;;;;;;;;;;16*1+2. The molecule has 0 aliphatic carbocycles. The minimum absolute atomic E-state index is 0. The lowest BCUT2D eigenvalue weighted by molar-refractivity contribution is 2.50. The smallest absolute Gasteiger partial charge is 0 e. The first kappa shape index (κ1) is 0. The van der Waals surface area contributed by atoms with Gasteiger partial charge in [0, 0.05) is 22.8 Å². The molecule has 0 saturated carbocycles. The summed E-state index contributed by atoms with van der Waals surface area (Å²) in [6.45, 7) is 0. The Labute approximate surface area is 261 Å². The van der Waals surface area contributed by atoms with Crippen molar-refractivity contribution in [1.29, 1.82) is 0 Å². The van der Waals surface area contributed by atoms with Crippen LogP contribution in [-0.4, -0.2) is 0 Å². The summed E-state index contributed by atoms with van der Waals surface area (Å²) in [4.78, 5) is 0. The molecular weight excluding hydrogens is 384 g/mol. The monoisotopic (exact) mass is 577 g/mol. The van der Waals surface area contributed by atoms with Gasteiger partial charge < -0.3 is 0 Å². The van der Waals surface area contributed by atoms with Gasteiger partial charge >= 0.3 is 0 Å². The van der Waals surface area contributed by atoms with E-state index in [4.69, 9.17) is 0 Å². The van der Waals surface area contributed by atoms with E-state index in [1.807, 2.05) is 0 Å². The maximum absolute atomic E-state index is 0. The minimum Gasteiger partial charge on any atom is -0.0776 e. The third-order valence-electron chi connectivity index (χ3n) is 0. The van der Waals surface area contributed by atoms with Crippen LogP contribution in [0.25, 0.3) is 0 Å². The average Bonchev–Trinajstić information content (AvgIpc) is 0. The molecule has 32 heavy (non-hydrogen) atoms. The zero-order chi connectivity index (χ0) is 0. The summed E-state index contributed by atoms with van der Waals surface area (Å²) >= 11 is 0. The lowest BCUT2D eigenvalue weighted by Gasteiger charge is -0.0786. The predicted octanol–water partition coefficient (Wildman–Crippen LogP) is 24.3. The summed E-state index contributed by atoms with van der Waals surface area (Å²) in [5, 5.41) is 0. The van der Waals surface area contributed by atoms with E-state index in [9.17, 15) is 0 Å². The molecule has 0 aliphatic heterocycles. The van der Waals surface area contributed by atoms with Crippen molar-refractivity contribution in [1.82, 2.24) is 0 Å². The molecule has 0 aromatic heterocycles. The van der Waals surface area contributed by atoms with Crippen LogP contribution in [-0.2, 0) is 0 Å². The fraction of sp³-hybridized carbons (Fsp3) is 1.00. The van der Waals surface area contributed by atoms with E-state index in [0.29, 0.717) is 0 Å². The Bertz CT molecular complexity index is 44.1. The van der Waals surface area contributed by atoms with Crippen molar-refractivity contribution in [3.8, 4) is 0 Å². The lowest BCUT2D eigenvalue weighted by atomic mass is 12.0. The number of rotatable bonds is 0. The highest BCUT2D eigenvalue weighted by Gasteiger charge is -0.0466. The Morgan fingerprint density at radius 2 is 0.0625 bits per heavy atom. The second kappa shape index (κ2) is 0. The van der Waals surface area contributed by atoms with Crippen molar-refractivity contribution in [2.24, 2.45) is 0 Å². The molecule has 0 atom stereocenters. The molecule has 0 fully saturated rings. The van der Waals surface area contributed by atoms with E-state index < -0.39 is 0 Å². The predicted molar refractivity (Wildman–Crippen MR) is 249 cm³/mol. The molecule has 0 aromatic carbocycles. The summed E-state index contributed by atoms with van der Waals surface area (Å²) in [5.41, 5.74) is 0. The molecule has 0 amide bonds. The van der Waals surface area contributed by atoms with Gasteiger partial charge in [-0.1, -0.05) is 238 Å². The normalized spacial score (nSPS) is 0.